The van der Waals surface area contributed by atoms with Crippen molar-refractivity contribution in [3.63, 3.8) is 0 Å². The Hall–Kier alpha value is -0.640. The molecule has 0 fully saturated rings. The molecule has 0 bridgehead atoms. The van der Waals surface area contributed by atoms with Crippen molar-refractivity contribution in [3.05, 3.63) is 48.5 Å². The van der Waals surface area contributed by atoms with Crippen molar-refractivity contribution < 1.29 is 18.9 Å². The van der Waals surface area contributed by atoms with Gasteiger partial charge in [0.25, 0.3) is 0 Å². The molecule has 8 heteroatoms. The number of hydrogen-bond acceptors (Lipinski definition) is 4. The maximum absolute atomic E-state index is 6.50. The van der Waals surface area contributed by atoms with Gasteiger partial charge in [-0.1, -0.05) is 139 Å². The van der Waals surface area contributed by atoms with Crippen molar-refractivity contribution >= 4 is 31.7 Å². The van der Waals surface area contributed by atoms with Crippen LogP contribution in [0.1, 0.15) is 83.1 Å². The van der Waals surface area contributed by atoms with Gasteiger partial charge in [-0.3, -0.25) is 0 Å². The molecule has 1 aliphatic rings. The summed E-state index contributed by atoms with van der Waals surface area (Å²) in [5, 5.41) is 1.12. The molecule has 4 atom stereocenters. The zero-order valence-corrected chi connectivity index (χ0v) is 36.1. The van der Waals surface area contributed by atoms with Gasteiger partial charge in [-0.2, -0.15) is 0 Å². The Morgan fingerprint density at radius 2 is 0.521 bits per heavy atom. The third-order valence-electron chi connectivity index (χ3n) is 9.25. The molecule has 3 rings (SSSR count). The first-order chi connectivity index (χ1) is 22.4. The van der Waals surface area contributed by atoms with Gasteiger partial charge in [0, 0.05) is 24.6 Å². The molecule has 1 aliphatic heterocycles. The third-order valence-corrected chi connectivity index (χ3v) is 23.5. The average Bonchev–Trinajstić information content (AvgIpc) is 2.96. The van der Waals surface area contributed by atoms with Gasteiger partial charge in [-0.05, 0) is 69.5 Å². The van der Waals surface area contributed by atoms with Crippen LogP contribution < -0.4 is 18.9 Å². The summed E-state index contributed by atoms with van der Waals surface area (Å²) >= 11 is 0. The molecule has 0 aliphatic carbocycles. The second kappa shape index (κ2) is 18.7. The number of hydrogen-bond donors (Lipinski definition) is 0. The molecular formula is C40H68O4P4. The van der Waals surface area contributed by atoms with Crippen LogP contribution in [0.2, 0.25) is 0 Å². The van der Waals surface area contributed by atoms with E-state index in [0.717, 1.165) is 74.1 Å². The van der Waals surface area contributed by atoms with Gasteiger partial charge in [0.15, 0.2) is 23.0 Å². The minimum atomic E-state index is -0.205. The van der Waals surface area contributed by atoms with E-state index in [1.165, 1.54) is 24.6 Å². The second-order valence-corrected chi connectivity index (χ2v) is 30.2. The highest BCUT2D eigenvalue weighted by Gasteiger charge is 2.31. The fraction of sp³-hybridized carbons (Fsp3) is 0.700. The van der Waals surface area contributed by atoms with Gasteiger partial charge in [-0.25, -0.2) is 0 Å². The molecule has 272 valence electrons. The molecule has 4 nitrogen and oxygen atoms in total. The highest BCUT2D eigenvalue weighted by molar-refractivity contribution is 7.64. The molecule has 2 aromatic rings. The Morgan fingerprint density at radius 3 is 0.688 bits per heavy atom. The van der Waals surface area contributed by atoms with Crippen LogP contribution in [0.3, 0.4) is 0 Å². The molecule has 0 saturated carbocycles. The van der Waals surface area contributed by atoms with Crippen molar-refractivity contribution in [2.24, 2.45) is 0 Å². The largest absolute Gasteiger partial charge is 0.489 e. The topological polar surface area (TPSA) is 36.9 Å². The van der Waals surface area contributed by atoms with Gasteiger partial charge in [0.1, 0.15) is 0 Å². The van der Waals surface area contributed by atoms with E-state index < -0.39 is 0 Å². The predicted molar refractivity (Wildman–Crippen MR) is 220 cm³/mol. The fourth-order valence-electron chi connectivity index (χ4n) is 6.05. The van der Waals surface area contributed by atoms with Crippen molar-refractivity contribution in [1.29, 1.82) is 0 Å². The molecule has 0 radical (unpaired) electrons. The monoisotopic (exact) mass is 736 g/mol. The molecule has 0 spiro atoms. The van der Waals surface area contributed by atoms with Crippen molar-refractivity contribution in [1.82, 2.24) is 0 Å². The lowest BCUT2D eigenvalue weighted by Crippen LogP contribution is -2.24. The molecule has 4 unspecified atom stereocenters. The lowest BCUT2D eigenvalue weighted by Gasteiger charge is -2.37. The van der Waals surface area contributed by atoms with Crippen LogP contribution in [0, 0.1) is 0 Å². The second-order valence-electron chi connectivity index (χ2n) is 16.9. The first-order valence-corrected chi connectivity index (χ1v) is 24.9. The number of fused-ring (bicyclic) bond motifs is 2. The van der Waals surface area contributed by atoms with E-state index >= 15 is 0 Å². The standard InChI is InChI=1S/C40H68O4P4/c1-37(2,3)45-25-21-41-33-17-13-14-18-34(33)43-23-27-47(39(7,8)9)31-32-48(40(10,11)12)28-24-44-36-20-16-15-19-35(36)42-22-26-46(30-29-45)38(4,5)6/h13-20H,21-32H2,1-12H3. The molecular weight excluding hydrogens is 668 g/mol. The minimum Gasteiger partial charge on any atom is -0.489 e. The van der Waals surface area contributed by atoms with E-state index in [-0.39, 0.29) is 52.3 Å². The van der Waals surface area contributed by atoms with Crippen LogP contribution in [0.25, 0.3) is 0 Å². The third kappa shape index (κ3) is 14.2. The summed E-state index contributed by atoms with van der Waals surface area (Å²) in [5.74, 6) is 3.56. The Morgan fingerprint density at radius 1 is 0.333 bits per heavy atom. The van der Waals surface area contributed by atoms with Gasteiger partial charge in [0.2, 0.25) is 0 Å². The summed E-state index contributed by atoms with van der Waals surface area (Å²) in [4.78, 5) is 0. The number of rotatable bonds is 0. The summed E-state index contributed by atoms with van der Waals surface area (Å²) in [6.45, 7) is 32.0. The van der Waals surface area contributed by atoms with Crippen LogP contribution in [0.4, 0.5) is 0 Å². The van der Waals surface area contributed by atoms with Crippen LogP contribution in [0.5, 0.6) is 23.0 Å². The normalized spacial score (nSPS) is 23.9. The van der Waals surface area contributed by atoms with Crippen LogP contribution in [-0.4, -0.2) is 96.3 Å². The maximum Gasteiger partial charge on any atom is 0.161 e. The SMILES string of the molecule is CC(C)(C)P1CCOc2ccccc2OCCP(C(C)(C)C)CCP(C(C)(C)C)CCOc2ccccc2OCCP(C(C)(C)C)CC1. The van der Waals surface area contributed by atoms with E-state index in [9.17, 15) is 0 Å². The number of ether oxygens (including phenoxy) is 4. The summed E-state index contributed by atoms with van der Waals surface area (Å²) in [6, 6.07) is 16.6. The van der Waals surface area contributed by atoms with Crippen LogP contribution in [0.15, 0.2) is 48.5 Å². The first-order valence-electron chi connectivity index (χ1n) is 18.1. The first kappa shape index (κ1) is 41.8. The average molecular weight is 737 g/mol. The summed E-state index contributed by atoms with van der Waals surface area (Å²) in [5.41, 5.74) is 0. The molecule has 0 N–H and O–H groups in total. The molecule has 0 aromatic heterocycles. The lowest BCUT2D eigenvalue weighted by molar-refractivity contribution is 0.289. The Bertz CT molecular complexity index is 1040. The number of benzene rings is 2. The predicted octanol–water partition coefficient (Wildman–Crippen LogP) is 12.0. The fourth-order valence-corrected chi connectivity index (χ4v) is 17.4. The van der Waals surface area contributed by atoms with Crippen molar-refractivity contribution in [3.8, 4) is 23.0 Å². The Kier molecular flexibility index (Phi) is 16.3. The van der Waals surface area contributed by atoms with E-state index in [1.54, 1.807) is 0 Å². The van der Waals surface area contributed by atoms with Crippen LogP contribution in [-0.2, 0) is 0 Å². The van der Waals surface area contributed by atoms with Crippen LogP contribution >= 0.6 is 31.7 Å². The van der Waals surface area contributed by atoms with E-state index in [1.807, 2.05) is 0 Å². The zero-order chi connectivity index (χ0) is 35.6. The molecule has 1 heterocycles. The maximum atomic E-state index is 6.50. The summed E-state index contributed by atoms with van der Waals surface area (Å²) in [6.07, 6.45) is 9.52. The molecule has 2 aromatic carbocycles. The lowest BCUT2D eigenvalue weighted by atomic mass is 10.3. The van der Waals surface area contributed by atoms with E-state index in [4.69, 9.17) is 18.9 Å². The Balaban J connectivity index is 1.85. The molecule has 0 amide bonds. The minimum absolute atomic E-state index is 0.205. The smallest absolute Gasteiger partial charge is 0.161 e. The van der Waals surface area contributed by atoms with Gasteiger partial charge in [-0.15, -0.1) is 0 Å². The zero-order valence-electron chi connectivity index (χ0n) is 32.5. The number of para-hydroxylation sites is 4. The highest BCUT2D eigenvalue weighted by atomic mass is 31.1. The molecule has 48 heavy (non-hydrogen) atoms. The van der Waals surface area contributed by atoms with Gasteiger partial charge < -0.3 is 18.9 Å². The van der Waals surface area contributed by atoms with E-state index in [0.29, 0.717) is 0 Å². The summed E-state index contributed by atoms with van der Waals surface area (Å²) in [7, 11) is -0.821. The van der Waals surface area contributed by atoms with Crippen molar-refractivity contribution in [2.75, 3.05) is 75.7 Å². The highest BCUT2D eigenvalue weighted by Crippen LogP contribution is 2.57. The quantitative estimate of drug-likeness (QED) is 0.252. The van der Waals surface area contributed by atoms with Gasteiger partial charge in [0.05, 0.1) is 26.4 Å². The van der Waals surface area contributed by atoms with E-state index in [2.05, 4.69) is 132 Å². The Labute approximate surface area is 300 Å². The van der Waals surface area contributed by atoms with Crippen molar-refractivity contribution in [2.45, 2.75) is 104 Å². The van der Waals surface area contributed by atoms with Gasteiger partial charge >= 0.3 is 0 Å². The summed E-state index contributed by atoms with van der Waals surface area (Å²) < 4.78 is 26.0. The molecule has 0 saturated heterocycles.